The predicted molar refractivity (Wildman–Crippen MR) is 98.6 cm³/mol. The van der Waals surface area contributed by atoms with Gasteiger partial charge in [0.15, 0.2) is 5.96 Å². The van der Waals surface area contributed by atoms with Gasteiger partial charge in [0.1, 0.15) is 0 Å². The molecule has 0 aromatic carbocycles. The predicted octanol–water partition coefficient (Wildman–Crippen LogP) is 0.887. The van der Waals surface area contributed by atoms with E-state index in [1.807, 2.05) is 7.05 Å². The third-order valence-electron chi connectivity index (χ3n) is 5.71. The average molecular weight is 338 g/mol. The molecule has 2 heterocycles. The van der Waals surface area contributed by atoms with Crippen LogP contribution in [0.15, 0.2) is 4.99 Å². The number of ether oxygens (including phenoxy) is 1. The molecule has 138 valence electrons. The van der Waals surface area contributed by atoms with E-state index in [4.69, 9.17) is 4.74 Å². The number of likely N-dealkylation sites (tertiary alicyclic amines) is 1. The lowest BCUT2D eigenvalue weighted by molar-refractivity contribution is -0.0174. The monoisotopic (exact) mass is 337 g/mol. The largest absolute Gasteiger partial charge is 0.379 e. The topological polar surface area (TPSA) is 52.1 Å². The van der Waals surface area contributed by atoms with Crippen LogP contribution in [-0.4, -0.2) is 86.4 Å². The van der Waals surface area contributed by atoms with E-state index in [1.54, 1.807) is 0 Å². The van der Waals surface area contributed by atoms with Crippen molar-refractivity contribution in [3.05, 3.63) is 0 Å². The smallest absolute Gasteiger partial charge is 0.191 e. The van der Waals surface area contributed by atoms with E-state index >= 15 is 0 Å². The Kier molecular flexibility index (Phi) is 6.36. The minimum absolute atomic E-state index is 0.485. The van der Waals surface area contributed by atoms with Gasteiger partial charge in [0, 0.05) is 57.4 Å². The van der Waals surface area contributed by atoms with Gasteiger partial charge in [-0.1, -0.05) is 0 Å². The highest BCUT2D eigenvalue weighted by molar-refractivity contribution is 5.80. The molecule has 2 N–H and O–H groups in total. The van der Waals surface area contributed by atoms with Crippen molar-refractivity contribution in [2.24, 2.45) is 4.99 Å². The summed E-state index contributed by atoms with van der Waals surface area (Å²) in [5, 5.41) is 7.15. The zero-order valence-electron chi connectivity index (χ0n) is 15.6. The van der Waals surface area contributed by atoms with Gasteiger partial charge in [0.05, 0.1) is 13.2 Å². The molecule has 2 saturated heterocycles. The summed E-state index contributed by atoms with van der Waals surface area (Å²) in [5.74, 6) is 0.952. The number of nitrogens with zero attached hydrogens (tertiary/aromatic N) is 3. The summed E-state index contributed by atoms with van der Waals surface area (Å²) < 4.78 is 5.54. The molecule has 0 amide bonds. The third kappa shape index (κ3) is 4.83. The van der Waals surface area contributed by atoms with Gasteiger partial charge in [-0.05, 0) is 39.5 Å². The number of guanidine groups is 1. The molecule has 6 heteroatoms. The molecule has 0 aromatic heterocycles. The second-order valence-electron chi connectivity index (χ2n) is 7.65. The Labute approximate surface area is 147 Å². The van der Waals surface area contributed by atoms with Gasteiger partial charge in [-0.2, -0.15) is 0 Å². The maximum absolute atomic E-state index is 5.54. The summed E-state index contributed by atoms with van der Waals surface area (Å²) >= 11 is 0. The van der Waals surface area contributed by atoms with Crippen molar-refractivity contribution in [2.45, 2.75) is 63.7 Å². The highest BCUT2D eigenvalue weighted by atomic mass is 16.5. The minimum atomic E-state index is 0.485. The number of piperidine rings is 1. The van der Waals surface area contributed by atoms with Crippen LogP contribution in [0.3, 0.4) is 0 Å². The fourth-order valence-corrected chi connectivity index (χ4v) is 3.99. The fourth-order valence-electron chi connectivity index (χ4n) is 3.99. The van der Waals surface area contributed by atoms with Crippen molar-refractivity contribution >= 4 is 5.96 Å². The molecule has 1 saturated carbocycles. The van der Waals surface area contributed by atoms with Crippen molar-refractivity contribution in [3.8, 4) is 0 Å². The van der Waals surface area contributed by atoms with Crippen LogP contribution < -0.4 is 10.6 Å². The van der Waals surface area contributed by atoms with Gasteiger partial charge in [-0.3, -0.25) is 9.89 Å². The molecule has 0 radical (unpaired) electrons. The zero-order chi connectivity index (χ0) is 16.9. The number of aliphatic imine (C=N–C) groups is 1. The van der Waals surface area contributed by atoms with Gasteiger partial charge < -0.3 is 20.3 Å². The molecule has 3 rings (SSSR count). The van der Waals surface area contributed by atoms with Crippen LogP contribution in [0.2, 0.25) is 0 Å². The number of hydrogen-bond acceptors (Lipinski definition) is 4. The number of rotatable bonds is 5. The molecule has 3 aliphatic rings. The Morgan fingerprint density at radius 1 is 1.21 bits per heavy atom. The standard InChI is InChI=1S/C18H35N5O/c1-14(23-10-11-24-13-15(23)2)12-20-18(19-3)21-16-6-8-22(9-7-16)17-4-5-17/h14-17H,4-13H2,1-3H3,(H2,19,20,21). The maximum atomic E-state index is 5.54. The summed E-state index contributed by atoms with van der Waals surface area (Å²) in [6.07, 6.45) is 5.29. The van der Waals surface area contributed by atoms with E-state index in [9.17, 15) is 0 Å². The van der Waals surface area contributed by atoms with Crippen molar-refractivity contribution in [1.29, 1.82) is 0 Å². The van der Waals surface area contributed by atoms with E-state index in [2.05, 4.69) is 39.3 Å². The Morgan fingerprint density at radius 3 is 2.58 bits per heavy atom. The molecule has 0 bridgehead atoms. The van der Waals surface area contributed by atoms with Gasteiger partial charge in [-0.25, -0.2) is 0 Å². The fraction of sp³-hybridized carbons (Fsp3) is 0.944. The minimum Gasteiger partial charge on any atom is -0.379 e. The van der Waals surface area contributed by atoms with Gasteiger partial charge >= 0.3 is 0 Å². The summed E-state index contributed by atoms with van der Waals surface area (Å²) in [7, 11) is 1.87. The van der Waals surface area contributed by atoms with Crippen molar-refractivity contribution in [3.63, 3.8) is 0 Å². The number of hydrogen-bond donors (Lipinski definition) is 2. The second kappa shape index (κ2) is 8.50. The van der Waals surface area contributed by atoms with Gasteiger partial charge in [0.2, 0.25) is 0 Å². The van der Waals surface area contributed by atoms with Crippen LogP contribution in [0.1, 0.15) is 39.5 Å². The van der Waals surface area contributed by atoms with E-state index in [0.29, 0.717) is 18.1 Å². The Hall–Kier alpha value is -0.850. The van der Waals surface area contributed by atoms with E-state index in [0.717, 1.165) is 38.3 Å². The molecule has 2 aliphatic heterocycles. The van der Waals surface area contributed by atoms with Crippen LogP contribution in [-0.2, 0) is 4.74 Å². The lowest BCUT2D eigenvalue weighted by Gasteiger charge is -2.38. The summed E-state index contributed by atoms with van der Waals surface area (Å²) in [6.45, 7) is 10.6. The van der Waals surface area contributed by atoms with Crippen LogP contribution in [0.25, 0.3) is 0 Å². The van der Waals surface area contributed by atoms with Crippen LogP contribution >= 0.6 is 0 Å². The van der Waals surface area contributed by atoms with E-state index < -0.39 is 0 Å². The summed E-state index contributed by atoms with van der Waals surface area (Å²) in [5.41, 5.74) is 0. The highest BCUT2D eigenvalue weighted by Crippen LogP contribution is 2.29. The van der Waals surface area contributed by atoms with Crippen LogP contribution in [0.5, 0.6) is 0 Å². The summed E-state index contributed by atoms with van der Waals surface area (Å²) in [6, 6.07) is 2.44. The SMILES string of the molecule is CN=C(NCC(C)N1CCOCC1C)NC1CCN(C2CC2)CC1. The lowest BCUT2D eigenvalue weighted by Crippen LogP contribution is -2.54. The molecule has 1 aliphatic carbocycles. The molecule has 24 heavy (non-hydrogen) atoms. The first-order valence-corrected chi connectivity index (χ1v) is 9.72. The molecular formula is C18H35N5O. The maximum Gasteiger partial charge on any atom is 0.191 e. The van der Waals surface area contributed by atoms with E-state index in [-0.39, 0.29) is 0 Å². The normalized spacial score (nSPS) is 29.5. The third-order valence-corrected chi connectivity index (χ3v) is 5.71. The first kappa shape index (κ1) is 18.0. The second-order valence-corrected chi connectivity index (χ2v) is 7.65. The number of nitrogens with one attached hydrogen (secondary N) is 2. The summed E-state index contributed by atoms with van der Waals surface area (Å²) in [4.78, 5) is 9.61. The van der Waals surface area contributed by atoms with Gasteiger partial charge in [0.25, 0.3) is 0 Å². The lowest BCUT2D eigenvalue weighted by atomic mass is 10.1. The van der Waals surface area contributed by atoms with Gasteiger partial charge in [-0.15, -0.1) is 0 Å². The molecular weight excluding hydrogens is 302 g/mol. The molecule has 0 spiro atoms. The Morgan fingerprint density at radius 2 is 1.96 bits per heavy atom. The molecule has 2 atom stereocenters. The van der Waals surface area contributed by atoms with Crippen LogP contribution in [0, 0.1) is 0 Å². The first-order chi connectivity index (χ1) is 11.7. The Balaban J connectivity index is 1.38. The average Bonchev–Trinajstić information content (AvgIpc) is 3.44. The highest BCUT2D eigenvalue weighted by Gasteiger charge is 2.32. The molecule has 6 nitrogen and oxygen atoms in total. The molecule has 2 unspecified atom stereocenters. The van der Waals surface area contributed by atoms with Crippen LogP contribution in [0.4, 0.5) is 0 Å². The Bertz CT molecular complexity index is 418. The molecule has 3 fully saturated rings. The van der Waals surface area contributed by atoms with Crippen molar-refractivity contribution in [1.82, 2.24) is 20.4 Å². The van der Waals surface area contributed by atoms with Crippen molar-refractivity contribution in [2.75, 3.05) is 46.4 Å². The quantitative estimate of drug-likeness (QED) is 0.576. The molecule has 0 aromatic rings. The van der Waals surface area contributed by atoms with Crippen molar-refractivity contribution < 1.29 is 4.74 Å². The zero-order valence-corrected chi connectivity index (χ0v) is 15.6. The first-order valence-electron chi connectivity index (χ1n) is 9.72. The van der Waals surface area contributed by atoms with E-state index in [1.165, 1.54) is 38.8 Å². The number of morpholine rings is 1.